The molecule has 0 saturated carbocycles. The largest absolute Gasteiger partial charge is 0.465 e. The average molecular weight is 849 g/mol. The molecule has 6 nitrogen and oxygen atoms in total. The first-order valence-electron chi connectivity index (χ1n) is 27.3. The number of hydrogen-bond donors (Lipinski definition) is 2. The number of carbonyl (C=O) groups excluding carboxylic acids is 2. The van der Waals surface area contributed by atoms with Crippen molar-refractivity contribution in [3.63, 3.8) is 0 Å². The van der Waals surface area contributed by atoms with E-state index in [1.807, 2.05) is 0 Å². The molecule has 2 N–H and O–H groups in total. The molecule has 60 heavy (non-hydrogen) atoms. The maximum Gasteiger partial charge on any atom is 0.305 e. The van der Waals surface area contributed by atoms with Gasteiger partial charge in [-0.1, -0.05) is 220 Å². The van der Waals surface area contributed by atoms with Gasteiger partial charge < -0.3 is 20.1 Å². The van der Waals surface area contributed by atoms with E-state index < -0.39 is 0 Å². The molecule has 0 fully saturated rings. The number of aliphatic hydroxyl groups excluding tert-OH is 1. The Morgan fingerprint density at radius 1 is 0.433 bits per heavy atom. The molecule has 1 amide bonds. The van der Waals surface area contributed by atoms with Crippen LogP contribution in [-0.4, -0.2) is 61.3 Å². The second-order valence-corrected chi connectivity index (χ2v) is 19.0. The van der Waals surface area contributed by atoms with Gasteiger partial charge >= 0.3 is 5.97 Å². The zero-order valence-corrected chi connectivity index (χ0v) is 41.3. The summed E-state index contributed by atoms with van der Waals surface area (Å²) in [6, 6.07) is 0. The molecule has 0 saturated heterocycles. The summed E-state index contributed by atoms with van der Waals surface area (Å²) < 4.78 is 5.86. The number of unbranched alkanes of at least 4 members (excludes halogenated alkanes) is 28. The zero-order chi connectivity index (χ0) is 43.8. The van der Waals surface area contributed by atoms with Gasteiger partial charge in [-0.3, -0.25) is 9.59 Å². The van der Waals surface area contributed by atoms with Crippen LogP contribution in [0.4, 0.5) is 0 Å². The van der Waals surface area contributed by atoms with Gasteiger partial charge in [-0.25, -0.2) is 0 Å². The number of aliphatic hydroxyl groups is 1. The van der Waals surface area contributed by atoms with Crippen molar-refractivity contribution in [2.45, 2.75) is 285 Å². The van der Waals surface area contributed by atoms with Gasteiger partial charge in [0.15, 0.2) is 0 Å². The molecule has 0 aliphatic heterocycles. The van der Waals surface area contributed by atoms with E-state index in [1.54, 1.807) is 0 Å². The van der Waals surface area contributed by atoms with Gasteiger partial charge in [0.1, 0.15) is 0 Å². The summed E-state index contributed by atoms with van der Waals surface area (Å²) >= 11 is 0. The third-order valence-corrected chi connectivity index (χ3v) is 13.1. The van der Waals surface area contributed by atoms with Gasteiger partial charge in [0.2, 0.25) is 5.91 Å². The summed E-state index contributed by atoms with van der Waals surface area (Å²) in [7, 11) is 0. The minimum Gasteiger partial charge on any atom is -0.465 e. The number of nitrogens with one attached hydrogen (secondary N) is 1. The van der Waals surface area contributed by atoms with E-state index in [0.717, 1.165) is 58.2 Å². The molecule has 0 aromatic heterocycles. The lowest BCUT2D eigenvalue weighted by molar-refractivity contribution is -0.145. The predicted octanol–water partition coefficient (Wildman–Crippen LogP) is 15.9. The summed E-state index contributed by atoms with van der Waals surface area (Å²) in [6.07, 6.45) is 49.5. The first kappa shape index (κ1) is 58.9. The number of carbonyl (C=O) groups is 2. The Morgan fingerprint density at radius 3 is 1.18 bits per heavy atom. The van der Waals surface area contributed by atoms with Gasteiger partial charge in [-0.2, -0.15) is 0 Å². The van der Waals surface area contributed by atoms with Crippen LogP contribution in [0, 0.1) is 11.8 Å². The fourth-order valence-corrected chi connectivity index (χ4v) is 8.91. The van der Waals surface area contributed by atoms with E-state index in [1.165, 1.54) is 205 Å². The molecular formula is C54H108N2O4. The van der Waals surface area contributed by atoms with Crippen molar-refractivity contribution in [3.05, 3.63) is 0 Å². The van der Waals surface area contributed by atoms with Crippen molar-refractivity contribution in [1.82, 2.24) is 10.2 Å². The molecule has 6 heteroatoms. The minimum atomic E-state index is -0.0213. The molecule has 0 spiro atoms. The summed E-state index contributed by atoms with van der Waals surface area (Å²) in [5.41, 5.74) is 0. The van der Waals surface area contributed by atoms with E-state index >= 15 is 0 Å². The Kier molecular flexibility index (Phi) is 48.0. The van der Waals surface area contributed by atoms with Crippen LogP contribution in [-0.2, 0) is 14.3 Å². The van der Waals surface area contributed by atoms with Crippen LogP contribution >= 0.6 is 0 Å². The van der Waals surface area contributed by atoms with Crippen molar-refractivity contribution in [3.8, 4) is 0 Å². The molecule has 0 aromatic rings. The Hall–Kier alpha value is -1.14. The molecule has 0 aliphatic carbocycles. The van der Waals surface area contributed by atoms with Crippen LogP contribution in [0.15, 0.2) is 0 Å². The quantitative estimate of drug-likeness (QED) is 0.0471. The third-order valence-electron chi connectivity index (χ3n) is 13.1. The highest BCUT2D eigenvalue weighted by Crippen LogP contribution is 2.22. The standard InChI is InChI=1S/C54H108N2O4/c1-5-9-13-17-21-23-27-32-40-51(39-31-25-19-15-11-7-3)49-55-53(58)43-35-29-37-45-56(47-48-57)46-38-30-36-44-54(59)60-50-52(41-33-26-20-16-12-8-4)42-34-28-24-22-18-14-10-6-2/h51-52,57H,5-50H2,1-4H3,(H,55,58). The molecule has 2 atom stereocenters. The Morgan fingerprint density at radius 2 is 0.783 bits per heavy atom. The molecule has 358 valence electrons. The molecule has 0 bridgehead atoms. The SMILES string of the molecule is CCCCCCCCCCC(CCCCCCCC)CNC(=O)CCCCCN(CCO)CCCCCC(=O)OCC(CCCCCCCC)CCCCCCCCCC. The average Bonchev–Trinajstić information content (AvgIpc) is 3.25. The van der Waals surface area contributed by atoms with Crippen molar-refractivity contribution in [1.29, 1.82) is 0 Å². The van der Waals surface area contributed by atoms with Crippen LogP contribution in [0.3, 0.4) is 0 Å². The topological polar surface area (TPSA) is 78.9 Å². The number of rotatable bonds is 50. The molecule has 0 heterocycles. The highest BCUT2D eigenvalue weighted by atomic mass is 16.5. The number of ether oxygens (including phenoxy) is 1. The van der Waals surface area contributed by atoms with Gasteiger partial charge in [0.25, 0.3) is 0 Å². The van der Waals surface area contributed by atoms with Crippen LogP contribution in [0.5, 0.6) is 0 Å². The molecule has 0 aliphatic rings. The van der Waals surface area contributed by atoms with E-state index in [9.17, 15) is 14.7 Å². The first-order chi connectivity index (χ1) is 29.5. The number of nitrogens with zero attached hydrogens (tertiary/aromatic N) is 1. The molecule has 0 radical (unpaired) electrons. The van der Waals surface area contributed by atoms with Crippen LogP contribution in [0.1, 0.15) is 285 Å². The molecule has 0 aromatic carbocycles. The van der Waals surface area contributed by atoms with Crippen molar-refractivity contribution in [2.75, 3.05) is 39.4 Å². The van der Waals surface area contributed by atoms with E-state index in [4.69, 9.17) is 4.74 Å². The van der Waals surface area contributed by atoms with Gasteiger partial charge in [0.05, 0.1) is 13.2 Å². The summed E-state index contributed by atoms with van der Waals surface area (Å²) in [5, 5.41) is 13.0. The van der Waals surface area contributed by atoms with Crippen LogP contribution < -0.4 is 5.32 Å². The number of esters is 1. The lowest BCUT2D eigenvalue weighted by Crippen LogP contribution is -2.30. The van der Waals surface area contributed by atoms with Gasteiger partial charge in [-0.15, -0.1) is 0 Å². The van der Waals surface area contributed by atoms with E-state index in [2.05, 4.69) is 37.9 Å². The second-order valence-electron chi connectivity index (χ2n) is 19.0. The Bertz CT molecular complexity index is 803. The van der Waals surface area contributed by atoms with Crippen molar-refractivity contribution < 1.29 is 19.4 Å². The first-order valence-corrected chi connectivity index (χ1v) is 27.3. The molecule has 0 rings (SSSR count). The minimum absolute atomic E-state index is 0.0213. The fourth-order valence-electron chi connectivity index (χ4n) is 8.91. The zero-order valence-electron chi connectivity index (χ0n) is 41.3. The van der Waals surface area contributed by atoms with Crippen LogP contribution in [0.25, 0.3) is 0 Å². The van der Waals surface area contributed by atoms with Crippen molar-refractivity contribution >= 4 is 11.9 Å². The molecular weight excluding hydrogens is 741 g/mol. The normalized spacial score (nSPS) is 12.6. The number of amides is 1. The Balaban J connectivity index is 4.35. The Labute approximate surface area is 376 Å². The smallest absolute Gasteiger partial charge is 0.305 e. The van der Waals surface area contributed by atoms with E-state index in [0.29, 0.717) is 37.8 Å². The lowest BCUT2D eigenvalue weighted by atomic mass is 9.94. The summed E-state index contributed by atoms with van der Waals surface area (Å²) in [5.74, 6) is 1.34. The maximum absolute atomic E-state index is 12.8. The maximum atomic E-state index is 12.8. The summed E-state index contributed by atoms with van der Waals surface area (Å²) in [4.78, 5) is 27.9. The van der Waals surface area contributed by atoms with Crippen LogP contribution in [0.2, 0.25) is 0 Å². The fraction of sp³-hybridized carbons (Fsp3) is 0.963. The van der Waals surface area contributed by atoms with E-state index in [-0.39, 0.29) is 18.5 Å². The monoisotopic (exact) mass is 849 g/mol. The van der Waals surface area contributed by atoms with Crippen molar-refractivity contribution in [2.24, 2.45) is 11.8 Å². The third kappa shape index (κ3) is 43.5. The molecule has 2 unspecified atom stereocenters. The highest BCUT2D eigenvalue weighted by Gasteiger charge is 2.14. The van der Waals surface area contributed by atoms with Gasteiger partial charge in [0, 0.05) is 25.9 Å². The summed E-state index contributed by atoms with van der Waals surface area (Å²) in [6.45, 7) is 13.4. The highest BCUT2D eigenvalue weighted by molar-refractivity contribution is 5.75. The van der Waals surface area contributed by atoms with Gasteiger partial charge in [-0.05, 0) is 76.3 Å². The number of hydrogen-bond acceptors (Lipinski definition) is 5. The second kappa shape index (κ2) is 48.9. The predicted molar refractivity (Wildman–Crippen MR) is 262 cm³/mol. The lowest BCUT2D eigenvalue weighted by Gasteiger charge is -2.21.